The van der Waals surface area contributed by atoms with E-state index in [1.165, 1.54) is 5.56 Å². The van der Waals surface area contributed by atoms with E-state index in [1.54, 1.807) is 30.4 Å². The fourth-order valence-electron chi connectivity index (χ4n) is 1.35. The summed E-state index contributed by atoms with van der Waals surface area (Å²) in [5.74, 6) is 1.000. The molecule has 0 aromatic carbocycles. The van der Waals surface area contributed by atoms with E-state index in [1.807, 2.05) is 18.3 Å². The lowest BCUT2D eigenvalue weighted by atomic mass is 10.2. The zero-order valence-corrected chi connectivity index (χ0v) is 9.65. The molecule has 0 aliphatic carbocycles. The fourth-order valence-corrected chi connectivity index (χ4v) is 2.28. The monoisotopic (exact) mass is 231 g/mol. The molecule has 0 aliphatic rings. The van der Waals surface area contributed by atoms with Gasteiger partial charge in [-0.2, -0.15) is 0 Å². The van der Waals surface area contributed by atoms with Gasteiger partial charge < -0.3 is 5.73 Å². The van der Waals surface area contributed by atoms with Crippen molar-refractivity contribution in [2.45, 2.75) is 11.3 Å². The second-order valence-electron chi connectivity index (χ2n) is 3.37. The topological polar surface area (TPSA) is 51.8 Å². The highest BCUT2D eigenvalue weighted by Gasteiger charge is 1.99. The van der Waals surface area contributed by atoms with Gasteiger partial charge in [-0.15, -0.1) is 11.8 Å². The Morgan fingerprint density at radius 3 is 2.75 bits per heavy atom. The van der Waals surface area contributed by atoms with Gasteiger partial charge in [0.25, 0.3) is 0 Å². The van der Waals surface area contributed by atoms with Crippen LogP contribution in [0.15, 0.2) is 47.9 Å². The van der Waals surface area contributed by atoms with Crippen molar-refractivity contribution in [3.8, 4) is 0 Å². The van der Waals surface area contributed by atoms with Crippen molar-refractivity contribution in [1.29, 1.82) is 0 Å². The maximum absolute atomic E-state index is 5.80. The van der Waals surface area contributed by atoms with Crippen molar-refractivity contribution in [3.05, 3.63) is 48.5 Å². The molecular formula is C12H13N3S. The standard InChI is InChI=1S/C12H13N3S/c13-11-9-15-6-3-12(11)16-7-4-10-2-1-5-14-8-10/h1-3,5-6,8-9H,4,7,13H2. The Morgan fingerprint density at radius 2 is 2.00 bits per heavy atom. The van der Waals surface area contributed by atoms with Gasteiger partial charge in [-0.3, -0.25) is 9.97 Å². The van der Waals surface area contributed by atoms with Crippen LogP contribution >= 0.6 is 11.8 Å². The molecule has 2 rings (SSSR count). The number of pyridine rings is 2. The molecule has 3 nitrogen and oxygen atoms in total. The van der Waals surface area contributed by atoms with Crippen LogP contribution in [-0.2, 0) is 6.42 Å². The Hall–Kier alpha value is -1.55. The van der Waals surface area contributed by atoms with Crippen LogP contribution in [0, 0.1) is 0 Å². The molecule has 16 heavy (non-hydrogen) atoms. The number of hydrogen-bond acceptors (Lipinski definition) is 4. The Balaban J connectivity index is 1.87. The predicted octanol–water partition coefficient (Wildman–Crippen LogP) is 2.39. The van der Waals surface area contributed by atoms with Gasteiger partial charge in [0.05, 0.1) is 11.9 Å². The third-order valence-electron chi connectivity index (χ3n) is 2.18. The minimum absolute atomic E-state index is 0.749. The lowest BCUT2D eigenvalue weighted by Gasteiger charge is -2.04. The van der Waals surface area contributed by atoms with E-state index < -0.39 is 0 Å². The molecule has 0 radical (unpaired) electrons. The van der Waals surface area contributed by atoms with Crippen molar-refractivity contribution in [1.82, 2.24) is 9.97 Å². The number of nitrogens with zero attached hydrogens (tertiary/aromatic N) is 2. The lowest BCUT2D eigenvalue weighted by Crippen LogP contribution is -1.92. The first-order chi connectivity index (χ1) is 7.86. The number of hydrogen-bond donors (Lipinski definition) is 1. The summed E-state index contributed by atoms with van der Waals surface area (Å²) in [4.78, 5) is 9.14. The normalized spacial score (nSPS) is 10.2. The Bertz CT molecular complexity index is 445. The third-order valence-corrected chi connectivity index (χ3v) is 3.27. The molecular weight excluding hydrogens is 218 g/mol. The van der Waals surface area contributed by atoms with Gasteiger partial charge >= 0.3 is 0 Å². The molecule has 82 valence electrons. The summed E-state index contributed by atoms with van der Waals surface area (Å²) < 4.78 is 0. The molecule has 0 amide bonds. The summed E-state index contributed by atoms with van der Waals surface area (Å²) in [6.07, 6.45) is 8.14. The molecule has 0 bridgehead atoms. The fraction of sp³-hybridized carbons (Fsp3) is 0.167. The van der Waals surface area contributed by atoms with Gasteiger partial charge in [0.1, 0.15) is 0 Å². The van der Waals surface area contributed by atoms with Crippen LogP contribution in [-0.4, -0.2) is 15.7 Å². The molecule has 0 atom stereocenters. The van der Waals surface area contributed by atoms with E-state index >= 15 is 0 Å². The highest BCUT2D eigenvalue weighted by atomic mass is 32.2. The van der Waals surface area contributed by atoms with Crippen LogP contribution in [0.4, 0.5) is 5.69 Å². The van der Waals surface area contributed by atoms with Crippen LogP contribution in [0.3, 0.4) is 0 Å². The largest absolute Gasteiger partial charge is 0.397 e. The maximum Gasteiger partial charge on any atom is 0.0638 e. The smallest absolute Gasteiger partial charge is 0.0638 e. The van der Waals surface area contributed by atoms with Gasteiger partial charge in [-0.1, -0.05) is 6.07 Å². The van der Waals surface area contributed by atoms with Crippen LogP contribution in [0.1, 0.15) is 5.56 Å². The first-order valence-corrected chi connectivity index (χ1v) is 6.06. The second-order valence-corrected chi connectivity index (χ2v) is 4.51. The van der Waals surface area contributed by atoms with E-state index in [4.69, 9.17) is 5.73 Å². The van der Waals surface area contributed by atoms with Gasteiger partial charge in [-0.05, 0) is 24.1 Å². The molecule has 0 spiro atoms. The van der Waals surface area contributed by atoms with E-state index in [0.29, 0.717) is 0 Å². The number of thioether (sulfide) groups is 1. The van der Waals surface area contributed by atoms with E-state index in [0.717, 1.165) is 22.8 Å². The first-order valence-electron chi connectivity index (χ1n) is 5.07. The quantitative estimate of drug-likeness (QED) is 0.821. The first kappa shape index (κ1) is 11.0. The molecule has 2 aromatic rings. The number of rotatable bonds is 4. The predicted molar refractivity (Wildman–Crippen MR) is 67.3 cm³/mol. The molecule has 0 unspecified atom stereocenters. The van der Waals surface area contributed by atoms with Gasteiger partial charge in [0.15, 0.2) is 0 Å². The van der Waals surface area contributed by atoms with Crippen molar-refractivity contribution < 1.29 is 0 Å². The van der Waals surface area contributed by atoms with E-state index in [2.05, 4.69) is 16.0 Å². The molecule has 0 saturated carbocycles. The van der Waals surface area contributed by atoms with Crippen LogP contribution in [0.2, 0.25) is 0 Å². The Kier molecular flexibility index (Phi) is 3.77. The van der Waals surface area contributed by atoms with Crippen molar-refractivity contribution >= 4 is 17.4 Å². The zero-order valence-electron chi connectivity index (χ0n) is 8.84. The van der Waals surface area contributed by atoms with Crippen LogP contribution < -0.4 is 5.73 Å². The molecule has 2 N–H and O–H groups in total. The minimum Gasteiger partial charge on any atom is -0.397 e. The molecule has 0 aliphatic heterocycles. The average Bonchev–Trinajstić information content (AvgIpc) is 2.33. The maximum atomic E-state index is 5.80. The Morgan fingerprint density at radius 1 is 1.12 bits per heavy atom. The molecule has 4 heteroatoms. The lowest BCUT2D eigenvalue weighted by molar-refractivity contribution is 1.11. The SMILES string of the molecule is Nc1cnccc1SCCc1cccnc1. The highest BCUT2D eigenvalue weighted by molar-refractivity contribution is 7.99. The zero-order chi connectivity index (χ0) is 11.2. The van der Waals surface area contributed by atoms with E-state index in [-0.39, 0.29) is 0 Å². The summed E-state index contributed by atoms with van der Waals surface area (Å²) >= 11 is 1.75. The number of aryl methyl sites for hydroxylation is 1. The van der Waals surface area contributed by atoms with Crippen molar-refractivity contribution in [2.75, 3.05) is 11.5 Å². The molecule has 0 fully saturated rings. The van der Waals surface area contributed by atoms with Gasteiger partial charge in [0.2, 0.25) is 0 Å². The van der Waals surface area contributed by atoms with Crippen LogP contribution in [0.25, 0.3) is 0 Å². The highest BCUT2D eigenvalue weighted by Crippen LogP contribution is 2.23. The molecule has 2 aromatic heterocycles. The van der Waals surface area contributed by atoms with Gasteiger partial charge in [-0.25, -0.2) is 0 Å². The number of aromatic nitrogens is 2. The van der Waals surface area contributed by atoms with Crippen molar-refractivity contribution in [2.24, 2.45) is 0 Å². The second kappa shape index (κ2) is 5.51. The molecule has 2 heterocycles. The Labute approximate surface area is 99.1 Å². The summed E-state index contributed by atoms with van der Waals surface area (Å²) in [5, 5.41) is 0. The summed E-state index contributed by atoms with van der Waals surface area (Å²) in [7, 11) is 0. The number of nitrogen functional groups attached to an aromatic ring is 1. The summed E-state index contributed by atoms with van der Waals surface area (Å²) in [5.41, 5.74) is 7.81. The summed E-state index contributed by atoms with van der Waals surface area (Å²) in [6, 6.07) is 5.99. The van der Waals surface area contributed by atoms with Gasteiger partial charge in [0, 0.05) is 29.2 Å². The third kappa shape index (κ3) is 2.97. The average molecular weight is 231 g/mol. The van der Waals surface area contributed by atoms with E-state index in [9.17, 15) is 0 Å². The summed E-state index contributed by atoms with van der Waals surface area (Å²) in [6.45, 7) is 0. The van der Waals surface area contributed by atoms with Crippen molar-refractivity contribution in [3.63, 3.8) is 0 Å². The van der Waals surface area contributed by atoms with Crippen LogP contribution in [0.5, 0.6) is 0 Å². The minimum atomic E-state index is 0.749. The number of anilines is 1. The molecule has 0 saturated heterocycles. The number of nitrogens with two attached hydrogens (primary N) is 1.